The van der Waals surface area contributed by atoms with E-state index in [9.17, 15) is 37.9 Å². The maximum absolute atomic E-state index is 12.2. The molecule has 9 rings (SSSR count). The molecule has 0 fully saturated rings. The van der Waals surface area contributed by atoms with Crippen LogP contribution in [0.5, 0.6) is 23.0 Å². The Morgan fingerprint density at radius 3 is 1.39 bits per heavy atom. The van der Waals surface area contributed by atoms with Gasteiger partial charge in [0.05, 0.1) is 16.9 Å². The third-order valence-electron chi connectivity index (χ3n) is 9.62. The summed E-state index contributed by atoms with van der Waals surface area (Å²) in [5, 5.41) is 7.70. The molecular formula is C50H43ClO17S8. The molecule has 0 aliphatic carbocycles. The smallest absolute Gasteiger partial charge is 0.374 e. The van der Waals surface area contributed by atoms with Crippen LogP contribution in [0.2, 0.25) is 5.02 Å². The molecule has 7 atom stereocenters. The second kappa shape index (κ2) is 29.2. The molecule has 0 aliphatic heterocycles. The molecule has 0 heterocycles. The monoisotopic (exact) mass is 1210 g/mol. The van der Waals surface area contributed by atoms with E-state index >= 15 is 0 Å². The van der Waals surface area contributed by atoms with E-state index in [1.807, 2.05) is 84.9 Å². The molecule has 0 spiro atoms. The third kappa shape index (κ3) is 18.5. The number of benzene rings is 9. The fourth-order valence-electron chi connectivity index (χ4n) is 6.47. The molecule has 0 saturated heterocycles. The van der Waals surface area contributed by atoms with Crippen molar-refractivity contribution in [1.82, 2.24) is 0 Å². The fourth-order valence-corrected chi connectivity index (χ4v) is 12.0. The van der Waals surface area contributed by atoms with Crippen LogP contribution in [-0.2, 0) is 103 Å². The standard InChI is InChI=1S/C17H13ClO5S2.3C11H10O4S2/c1-21-15-5-7-16(8-6-15)22-25(20)23-24(19)17-9-3-12-10-14(18)4-2-13(12)11-17;2*1-16(12)15-17(13)14-11-8-4-6-9-5-2-3-7-10(9)11;1-16(12)15-17(13,14)11-7-6-9-4-2-3-5-10(9)8-11/h2-11H,1H3;3*2-8H,1H3. The summed E-state index contributed by atoms with van der Waals surface area (Å²) in [6.45, 7) is 0. The Kier molecular flexibility index (Phi) is 22.9. The average molecular weight is 1210 g/mol. The number of halogens is 1. The lowest BCUT2D eigenvalue weighted by Crippen LogP contribution is -2.07. The Bertz CT molecular complexity index is 3640. The Hall–Kier alpha value is -5.65. The minimum atomic E-state index is -3.95. The zero-order chi connectivity index (χ0) is 54.8. The maximum atomic E-state index is 12.2. The molecule has 17 nitrogen and oxygen atoms in total. The van der Waals surface area contributed by atoms with Gasteiger partial charge in [0.2, 0.25) is 11.1 Å². The molecule has 26 heteroatoms. The quantitative estimate of drug-likeness (QED) is 0.0826. The highest BCUT2D eigenvalue weighted by atomic mass is 35.5. The number of fused-ring (bicyclic) bond motifs is 4. The van der Waals surface area contributed by atoms with Crippen LogP contribution in [0.25, 0.3) is 43.1 Å². The first-order chi connectivity index (χ1) is 36.4. The van der Waals surface area contributed by atoms with Gasteiger partial charge in [-0.2, -0.15) is 35.6 Å². The molecule has 76 heavy (non-hydrogen) atoms. The van der Waals surface area contributed by atoms with Gasteiger partial charge < -0.3 is 17.3 Å². The van der Waals surface area contributed by atoms with Crippen molar-refractivity contribution in [2.75, 3.05) is 25.9 Å². The minimum absolute atomic E-state index is 0.00593. The van der Waals surface area contributed by atoms with Crippen molar-refractivity contribution in [3.05, 3.63) is 193 Å². The molecule has 7 unspecified atom stereocenters. The highest BCUT2D eigenvalue weighted by Crippen LogP contribution is 2.28. The van der Waals surface area contributed by atoms with Crippen molar-refractivity contribution in [2.45, 2.75) is 9.79 Å². The number of hydrogen-bond acceptors (Lipinski definition) is 17. The van der Waals surface area contributed by atoms with E-state index in [4.69, 9.17) is 32.5 Å². The van der Waals surface area contributed by atoms with Crippen LogP contribution in [-0.4, -0.2) is 63.8 Å². The molecule has 9 aromatic carbocycles. The highest BCUT2D eigenvalue weighted by Gasteiger charge is 2.18. The van der Waals surface area contributed by atoms with Crippen molar-refractivity contribution >= 4 is 143 Å². The van der Waals surface area contributed by atoms with Crippen LogP contribution < -0.4 is 17.3 Å². The molecular weight excluding hydrogens is 1160 g/mol. The van der Waals surface area contributed by atoms with Gasteiger partial charge in [0.1, 0.15) is 23.0 Å². The predicted molar refractivity (Wildman–Crippen MR) is 300 cm³/mol. The van der Waals surface area contributed by atoms with E-state index < -0.39 is 88.5 Å². The topological polar surface area (TPSA) is 227 Å². The van der Waals surface area contributed by atoms with Gasteiger partial charge in [-0.15, -0.1) is 0 Å². The van der Waals surface area contributed by atoms with Crippen LogP contribution in [0.3, 0.4) is 0 Å². The van der Waals surface area contributed by atoms with Crippen LogP contribution >= 0.6 is 11.6 Å². The number of hydrogen-bond donors (Lipinski definition) is 0. The molecule has 0 aromatic heterocycles. The van der Waals surface area contributed by atoms with Gasteiger partial charge in [0.25, 0.3) is 0 Å². The van der Waals surface area contributed by atoms with Gasteiger partial charge in [0.15, 0.2) is 33.2 Å². The summed E-state index contributed by atoms with van der Waals surface area (Å²) in [7, 11) is -2.41. The average Bonchev–Trinajstić information content (AvgIpc) is 3.38. The lowest BCUT2D eigenvalue weighted by atomic mass is 10.1. The van der Waals surface area contributed by atoms with E-state index in [2.05, 4.69) is 10.9 Å². The van der Waals surface area contributed by atoms with E-state index in [1.165, 1.54) is 38.0 Å². The van der Waals surface area contributed by atoms with Crippen molar-refractivity contribution in [3.63, 3.8) is 0 Å². The van der Waals surface area contributed by atoms with E-state index in [0.717, 1.165) is 43.1 Å². The predicted octanol–water partition coefficient (Wildman–Crippen LogP) is 10.3. The summed E-state index contributed by atoms with van der Waals surface area (Å²) in [5.74, 6) is 1.82. The SMILES string of the molecule is COc1ccc(OS(=O)OS(=O)c2ccc3cc(Cl)ccc3c2)cc1.CS(=O)OS(=O)(=O)c1ccc2ccccc2c1.CS(=O)OS(=O)Oc1cccc2ccccc12.CS(=O)OS(=O)Oc1cccc2ccccc12. The molecule has 0 N–H and O–H groups in total. The normalized spacial score (nSPS) is 13.9. The summed E-state index contributed by atoms with van der Waals surface area (Å²) < 4.78 is 141. The summed E-state index contributed by atoms with van der Waals surface area (Å²) in [6.07, 6.45) is 3.73. The van der Waals surface area contributed by atoms with Crippen molar-refractivity contribution < 1.29 is 69.7 Å². The molecule has 0 aliphatic rings. The lowest BCUT2D eigenvalue weighted by Gasteiger charge is -2.06. The van der Waals surface area contributed by atoms with Gasteiger partial charge in [0, 0.05) is 34.6 Å². The summed E-state index contributed by atoms with van der Waals surface area (Å²) in [6, 6.07) is 54.7. The minimum Gasteiger partial charge on any atom is -0.497 e. The van der Waals surface area contributed by atoms with Gasteiger partial charge in [-0.1, -0.05) is 127 Å². The summed E-state index contributed by atoms with van der Waals surface area (Å²) in [4.78, 5) is 0.382. The summed E-state index contributed by atoms with van der Waals surface area (Å²) in [5.41, 5.74) is 0. The summed E-state index contributed by atoms with van der Waals surface area (Å²) >= 11 is -7.44. The van der Waals surface area contributed by atoms with Crippen LogP contribution in [0.1, 0.15) is 0 Å². The lowest BCUT2D eigenvalue weighted by molar-refractivity contribution is 0.413. The number of rotatable bonds is 17. The molecule has 400 valence electrons. The van der Waals surface area contributed by atoms with Crippen molar-refractivity contribution in [1.29, 1.82) is 0 Å². The van der Waals surface area contributed by atoms with Crippen LogP contribution in [0.15, 0.2) is 198 Å². The number of ether oxygens (including phenoxy) is 1. The second-order valence-corrected chi connectivity index (χ2v) is 23.9. The molecule has 0 radical (unpaired) electrons. The first-order valence-corrected chi connectivity index (χ1v) is 31.7. The van der Waals surface area contributed by atoms with Gasteiger partial charge >= 0.3 is 44.2 Å². The van der Waals surface area contributed by atoms with Crippen LogP contribution in [0, 0.1) is 0 Å². The van der Waals surface area contributed by atoms with Crippen molar-refractivity contribution in [3.8, 4) is 23.0 Å². The maximum Gasteiger partial charge on any atom is 0.374 e. The fraction of sp³-hybridized carbons (Fsp3) is 0.0800. The van der Waals surface area contributed by atoms with Gasteiger partial charge in [-0.05, 0) is 105 Å². The van der Waals surface area contributed by atoms with E-state index in [-0.39, 0.29) is 4.90 Å². The van der Waals surface area contributed by atoms with Crippen LogP contribution in [0.4, 0.5) is 0 Å². The molecule has 0 bridgehead atoms. The zero-order valence-corrected chi connectivity index (χ0v) is 47.3. The Balaban J connectivity index is 0.000000167. The van der Waals surface area contributed by atoms with Gasteiger partial charge in [-0.3, -0.25) is 0 Å². The Labute approximate surface area is 461 Å². The first-order valence-electron chi connectivity index (χ1n) is 21.4. The van der Waals surface area contributed by atoms with Crippen molar-refractivity contribution in [2.24, 2.45) is 0 Å². The highest BCUT2D eigenvalue weighted by molar-refractivity contribution is 7.96. The first kappa shape index (κ1) is 59.6. The Morgan fingerprint density at radius 2 is 0.855 bits per heavy atom. The second-order valence-electron chi connectivity index (χ2n) is 14.8. The Morgan fingerprint density at radius 1 is 0.408 bits per heavy atom. The third-order valence-corrected chi connectivity index (χ3v) is 17.1. The van der Waals surface area contributed by atoms with Gasteiger partial charge in [-0.25, -0.2) is 16.8 Å². The largest absolute Gasteiger partial charge is 0.497 e. The van der Waals surface area contributed by atoms with E-state index in [0.29, 0.717) is 32.9 Å². The number of methoxy groups -OCH3 is 1. The van der Waals surface area contributed by atoms with E-state index in [1.54, 1.807) is 91.0 Å². The molecule has 9 aromatic rings. The molecule has 0 amide bonds. The zero-order valence-electron chi connectivity index (χ0n) is 40.0. The molecule has 0 saturated carbocycles.